The first-order valence-corrected chi connectivity index (χ1v) is 7.39. The van der Waals surface area contributed by atoms with E-state index in [0.29, 0.717) is 24.3 Å². The van der Waals surface area contributed by atoms with Crippen LogP contribution in [-0.2, 0) is 11.2 Å². The summed E-state index contributed by atoms with van der Waals surface area (Å²) in [5.41, 5.74) is 3.08. The molecule has 3 aliphatic rings. The van der Waals surface area contributed by atoms with Gasteiger partial charge in [0.05, 0.1) is 12.2 Å². The van der Waals surface area contributed by atoms with E-state index in [9.17, 15) is 0 Å². The number of aryl methyl sites for hydroxylation is 1. The lowest BCUT2D eigenvalue weighted by atomic mass is 9.86. The molecule has 1 aromatic carbocycles. The molecule has 2 aliphatic heterocycles. The number of benzene rings is 1. The van der Waals surface area contributed by atoms with Gasteiger partial charge in [0, 0.05) is 12.1 Å². The van der Waals surface area contributed by atoms with Crippen molar-refractivity contribution >= 4 is 0 Å². The molecule has 4 atom stereocenters. The highest BCUT2D eigenvalue weighted by Crippen LogP contribution is 2.37. The molecule has 2 bridgehead atoms. The van der Waals surface area contributed by atoms with Crippen LogP contribution < -0.4 is 5.32 Å². The lowest BCUT2D eigenvalue weighted by Gasteiger charge is -2.31. The SMILES string of the molecule is c1ccc2c(c1)CCCC2NC1CC2CCC1O2. The van der Waals surface area contributed by atoms with E-state index in [1.165, 1.54) is 44.1 Å². The van der Waals surface area contributed by atoms with Gasteiger partial charge < -0.3 is 10.1 Å². The molecule has 1 N–H and O–H groups in total. The highest BCUT2D eigenvalue weighted by molar-refractivity contribution is 5.32. The Kier molecular flexibility index (Phi) is 2.66. The minimum absolute atomic E-state index is 0.490. The molecule has 0 amide bonds. The number of rotatable bonds is 2. The van der Waals surface area contributed by atoms with Crippen LogP contribution in [0.15, 0.2) is 24.3 Å². The Bertz CT molecular complexity index is 444. The molecule has 0 spiro atoms. The molecular formula is C16H21NO. The van der Waals surface area contributed by atoms with E-state index in [-0.39, 0.29) is 0 Å². The normalized spacial score (nSPS) is 37.8. The molecule has 1 aromatic rings. The lowest BCUT2D eigenvalue weighted by molar-refractivity contribution is 0.0956. The quantitative estimate of drug-likeness (QED) is 0.862. The molecule has 2 fully saturated rings. The number of ether oxygens (including phenoxy) is 1. The average molecular weight is 243 g/mol. The van der Waals surface area contributed by atoms with Crippen LogP contribution in [-0.4, -0.2) is 18.2 Å². The molecular weight excluding hydrogens is 222 g/mol. The summed E-state index contributed by atoms with van der Waals surface area (Å²) in [6, 6.07) is 10.1. The Hall–Kier alpha value is -0.860. The van der Waals surface area contributed by atoms with E-state index < -0.39 is 0 Å². The largest absolute Gasteiger partial charge is 0.373 e. The predicted octanol–water partition coefficient (Wildman–Crippen LogP) is 2.97. The van der Waals surface area contributed by atoms with Crippen LogP contribution in [0, 0.1) is 0 Å². The van der Waals surface area contributed by atoms with Crippen molar-refractivity contribution in [3.8, 4) is 0 Å². The maximum absolute atomic E-state index is 5.95. The Morgan fingerprint density at radius 3 is 2.89 bits per heavy atom. The van der Waals surface area contributed by atoms with Crippen molar-refractivity contribution in [2.24, 2.45) is 0 Å². The van der Waals surface area contributed by atoms with Gasteiger partial charge in [-0.1, -0.05) is 24.3 Å². The number of nitrogens with one attached hydrogen (secondary N) is 1. The molecule has 4 rings (SSSR count). The van der Waals surface area contributed by atoms with Crippen molar-refractivity contribution in [1.29, 1.82) is 0 Å². The standard InChI is InChI=1S/C16H21NO/c1-2-6-13-11(4-1)5-3-7-14(13)17-15-10-12-8-9-16(15)18-12/h1-2,4,6,12,14-17H,3,5,7-10H2. The van der Waals surface area contributed by atoms with Gasteiger partial charge in [0.25, 0.3) is 0 Å². The molecule has 2 saturated heterocycles. The van der Waals surface area contributed by atoms with Gasteiger partial charge in [-0.25, -0.2) is 0 Å². The van der Waals surface area contributed by atoms with Gasteiger partial charge in [-0.2, -0.15) is 0 Å². The summed E-state index contributed by atoms with van der Waals surface area (Å²) in [6.45, 7) is 0. The Morgan fingerprint density at radius 2 is 2.06 bits per heavy atom. The number of fused-ring (bicyclic) bond motifs is 3. The van der Waals surface area contributed by atoms with Gasteiger partial charge in [-0.3, -0.25) is 0 Å². The molecule has 2 heterocycles. The highest BCUT2D eigenvalue weighted by Gasteiger charge is 2.41. The van der Waals surface area contributed by atoms with E-state index in [1.54, 1.807) is 5.56 Å². The highest BCUT2D eigenvalue weighted by atomic mass is 16.5. The third-order valence-corrected chi connectivity index (χ3v) is 4.89. The maximum Gasteiger partial charge on any atom is 0.0733 e. The van der Waals surface area contributed by atoms with Crippen LogP contribution in [0.5, 0.6) is 0 Å². The van der Waals surface area contributed by atoms with E-state index in [4.69, 9.17) is 4.74 Å². The fourth-order valence-corrected chi connectivity index (χ4v) is 4.00. The van der Waals surface area contributed by atoms with Crippen molar-refractivity contribution in [1.82, 2.24) is 5.32 Å². The molecule has 2 nitrogen and oxygen atoms in total. The summed E-state index contributed by atoms with van der Waals surface area (Å²) in [5, 5.41) is 3.88. The summed E-state index contributed by atoms with van der Waals surface area (Å²) in [4.78, 5) is 0. The summed E-state index contributed by atoms with van der Waals surface area (Å²) in [5.74, 6) is 0. The molecule has 96 valence electrons. The molecule has 0 aromatic heterocycles. The Balaban J connectivity index is 1.53. The zero-order chi connectivity index (χ0) is 11.9. The second kappa shape index (κ2) is 4.36. The fraction of sp³-hybridized carbons (Fsp3) is 0.625. The zero-order valence-electron chi connectivity index (χ0n) is 10.8. The first-order valence-electron chi connectivity index (χ1n) is 7.39. The minimum atomic E-state index is 0.490. The van der Waals surface area contributed by atoms with E-state index in [2.05, 4.69) is 29.6 Å². The number of hydrogen-bond acceptors (Lipinski definition) is 2. The van der Waals surface area contributed by atoms with E-state index in [0.717, 1.165) is 0 Å². The van der Waals surface area contributed by atoms with Crippen LogP contribution in [0.3, 0.4) is 0 Å². The number of hydrogen-bond donors (Lipinski definition) is 1. The molecule has 18 heavy (non-hydrogen) atoms. The van der Waals surface area contributed by atoms with Crippen LogP contribution in [0.2, 0.25) is 0 Å². The first-order chi connectivity index (χ1) is 8.90. The van der Waals surface area contributed by atoms with Crippen molar-refractivity contribution in [2.45, 2.75) is 62.8 Å². The fourth-order valence-electron chi connectivity index (χ4n) is 4.00. The van der Waals surface area contributed by atoms with Crippen LogP contribution in [0.25, 0.3) is 0 Å². The van der Waals surface area contributed by atoms with Crippen molar-refractivity contribution in [3.63, 3.8) is 0 Å². The smallest absolute Gasteiger partial charge is 0.0733 e. The van der Waals surface area contributed by atoms with Crippen molar-refractivity contribution in [3.05, 3.63) is 35.4 Å². The van der Waals surface area contributed by atoms with Gasteiger partial charge in [-0.15, -0.1) is 0 Å². The minimum Gasteiger partial charge on any atom is -0.373 e. The molecule has 4 unspecified atom stereocenters. The van der Waals surface area contributed by atoms with Gasteiger partial charge in [0.2, 0.25) is 0 Å². The van der Waals surface area contributed by atoms with Crippen LogP contribution in [0.1, 0.15) is 49.3 Å². The van der Waals surface area contributed by atoms with Gasteiger partial charge in [0.1, 0.15) is 0 Å². The Morgan fingerprint density at radius 1 is 1.11 bits per heavy atom. The monoisotopic (exact) mass is 243 g/mol. The van der Waals surface area contributed by atoms with Gasteiger partial charge >= 0.3 is 0 Å². The predicted molar refractivity (Wildman–Crippen MR) is 71.6 cm³/mol. The first kappa shape index (κ1) is 11.0. The summed E-state index contributed by atoms with van der Waals surface area (Å²) in [7, 11) is 0. The molecule has 1 aliphatic carbocycles. The molecule has 0 saturated carbocycles. The third kappa shape index (κ3) is 1.79. The van der Waals surface area contributed by atoms with Gasteiger partial charge in [0.15, 0.2) is 0 Å². The van der Waals surface area contributed by atoms with E-state index in [1.807, 2.05) is 0 Å². The molecule has 0 radical (unpaired) electrons. The summed E-state index contributed by atoms with van der Waals surface area (Å²) >= 11 is 0. The second-order valence-corrected chi connectivity index (χ2v) is 6.03. The second-order valence-electron chi connectivity index (χ2n) is 6.03. The van der Waals surface area contributed by atoms with Crippen molar-refractivity contribution in [2.75, 3.05) is 0 Å². The Labute approximate surface area is 109 Å². The topological polar surface area (TPSA) is 21.3 Å². The van der Waals surface area contributed by atoms with Crippen LogP contribution >= 0.6 is 0 Å². The zero-order valence-corrected chi connectivity index (χ0v) is 10.8. The maximum atomic E-state index is 5.95. The summed E-state index contributed by atoms with van der Waals surface area (Å²) in [6.07, 6.45) is 8.66. The molecule has 2 heteroatoms. The van der Waals surface area contributed by atoms with Crippen molar-refractivity contribution < 1.29 is 4.74 Å². The van der Waals surface area contributed by atoms with Gasteiger partial charge in [-0.05, 0) is 49.7 Å². The lowest BCUT2D eigenvalue weighted by Crippen LogP contribution is -2.40. The summed E-state index contributed by atoms with van der Waals surface area (Å²) < 4.78 is 5.95. The van der Waals surface area contributed by atoms with E-state index >= 15 is 0 Å². The van der Waals surface area contributed by atoms with Crippen LogP contribution in [0.4, 0.5) is 0 Å². The third-order valence-electron chi connectivity index (χ3n) is 4.89. The average Bonchev–Trinajstić information content (AvgIpc) is 3.01.